The lowest BCUT2D eigenvalue weighted by Gasteiger charge is -2.11. The first kappa shape index (κ1) is 10.8. The predicted molar refractivity (Wildman–Crippen MR) is 50.0 cm³/mol. The van der Waals surface area contributed by atoms with Gasteiger partial charge in [-0.1, -0.05) is 11.8 Å². The molecule has 84 valence electrons. The van der Waals surface area contributed by atoms with Gasteiger partial charge in [-0.15, -0.1) is 0 Å². The Morgan fingerprint density at radius 1 is 1.47 bits per heavy atom. The first-order valence-electron chi connectivity index (χ1n) is 4.37. The monoisotopic (exact) mass is 233 g/mol. The van der Waals surface area contributed by atoms with Crippen molar-refractivity contribution in [2.45, 2.75) is 28.9 Å². The Kier molecular flexibility index (Phi) is 3.22. The van der Waals surface area contributed by atoms with Crippen molar-refractivity contribution < 1.29 is 20.1 Å². The number of rotatable bonds is 3. The van der Waals surface area contributed by atoms with Crippen LogP contribution in [0.2, 0.25) is 0 Å². The predicted octanol–water partition coefficient (Wildman–Crippen LogP) is -1.66. The van der Waals surface area contributed by atoms with Gasteiger partial charge in [-0.3, -0.25) is 5.10 Å². The molecule has 1 fully saturated rings. The first-order valence-corrected chi connectivity index (χ1v) is 5.25. The summed E-state index contributed by atoms with van der Waals surface area (Å²) < 4.78 is 5.23. The fourth-order valence-electron chi connectivity index (χ4n) is 1.32. The number of nitrogens with one attached hydrogen (secondary N) is 1. The fraction of sp³-hybridized carbons (Fsp3) is 0.714. The number of H-pyrrole nitrogens is 1. The Bertz CT molecular complexity index is 309. The van der Waals surface area contributed by atoms with E-state index in [2.05, 4.69) is 15.2 Å². The summed E-state index contributed by atoms with van der Waals surface area (Å²) in [6.45, 7) is -0.328. The van der Waals surface area contributed by atoms with Crippen LogP contribution in [0.15, 0.2) is 11.5 Å². The molecule has 2 heterocycles. The molecule has 0 bridgehead atoms. The van der Waals surface area contributed by atoms with E-state index in [0.717, 1.165) is 11.8 Å². The van der Waals surface area contributed by atoms with E-state index in [0.29, 0.717) is 5.16 Å². The number of aromatic nitrogens is 3. The van der Waals surface area contributed by atoms with E-state index >= 15 is 0 Å². The average molecular weight is 233 g/mol. The first-order chi connectivity index (χ1) is 7.22. The van der Waals surface area contributed by atoms with Crippen LogP contribution >= 0.6 is 11.8 Å². The summed E-state index contributed by atoms with van der Waals surface area (Å²) in [6, 6.07) is 0. The quantitative estimate of drug-likeness (QED) is 0.494. The van der Waals surface area contributed by atoms with Crippen LogP contribution in [0.3, 0.4) is 0 Å². The van der Waals surface area contributed by atoms with E-state index in [1.807, 2.05) is 0 Å². The molecule has 7 nitrogen and oxygen atoms in total. The molecule has 4 N–H and O–H groups in total. The lowest BCUT2D eigenvalue weighted by atomic mass is 10.2. The second-order valence-corrected chi connectivity index (χ2v) is 4.20. The summed E-state index contributed by atoms with van der Waals surface area (Å²) in [5, 5.41) is 34.6. The van der Waals surface area contributed by atoms with Gasteiger partial charge >= 0.3 is 0 Å². The molecule has 2 rings (SSSR count). The third-order valence-electron chi connectivity index (χ3n) is 2.12. The number of nitrogens with zero attached hydrogens (tertiary/aromatic N) is 2. The second-order valence-electron chi connectivity index (χ2n) is 3.12. The Balaban J connectivity index is 1.99. The molecule has 0 spiro atoms. The third kappa shape index (κ3) is 2.13. The molecule has 1 aromatic rings. The van der Waals surface area contributed by atoms with Crippen LogP contribution in [0.4, 0.5) is 0 Å². The summed E-state index contributed by atoms with van der Waals surface area (Å²) in [6.07, 6.45) is -1.53. The molecule has 1 saturated heterocycles. The standard InChI is InChI=1S/C7H11N3O4S/c11-1-3-4(12)5(13)6(14-3)15-7-8-2-9-10-7/h2-6,11-13H,1H2,(H,8,9,10)/t3-,4-,5-,6+/m1/s1. The molecule has 4 atom stereocenters. The molecule has 15 heavy (non-hydrogen) atoms. The van der Waals surface area contributed by atoms with E-state index in [9.17, 15) is 10.2 Å². The Hall–Kier alpha value is -0.670. The number of hydrogen-bond donors (Lipinski definition) is 4. The maximum absolute atomic E-state index is 9.59. The maximum Gasteiger partial charge on any atom is 0.186 e. The smallest absolute Gasteiger partial charge is 0.186 e. The lowest BCUT2D eigenvalue weighted by molar-refractivity contribution is -0.00810. The SMILES string of the molecule is OC[C@H]1O[C@@H](Sc2ncn[nH]2)[C@H](O)[C@@H]1O. The van der Waals surface area contributed by atoms with Crippen molar-refractivity contribution in [3.8, 4) is 0 Å². The van der Waals surface area contributed by atoms with Gasteiger partial charge in [0.05, 0.1) is 6.61 Å². The zero-order valence-corrected chi connectivity index (χ0v) is 8.46. The summed E-state index contributed by atoms with van der Waals surface area (Å²) in [5.74, 6) is 0. The highest BCUT2D eigenvalue weighted by Crippen LogP contribution is 2.32. The Labute approximate surface area is 89.5 Å². The van der Waals surface area contributed by atoms with E-state index in [4.69, 9.17) is 9.84 Å². The topological polar surface area (TPSA) is 111 Å². The van der Waals surface area contributed by atoms with Crippen LogP contribution in [0.25, 0.3) is 0 Å². The zero-order valence-electron chi connectivity index (χ0n) is 7.65. The molecule has 0 saturated carbocycles. The Morgan fingerprint density at radius 3 is 2.80 bits per heavy atom. The van der Waals surface area contributed by atoms with E-state index in [1.165, 1.54) is 6.33 Å². The van der Waals surface area contributed by atoms with Crippen LogP contribution in [-0.4, -0.2) is 60.9 Å². The van der Waals surface area contributed by atoms with Crippen molar-refractivity contribution in [1.29, 1.82) is 0 Å². The average Bonchev–Trinajstić information content (AvgIpc) is 2.82. The number of aliphatic hydroxyl groups is 3. The normalized spacial score (nSPS) is 35.9. The minimum absolute atomic E-state index is 0.328. The molecule has 1 aliphatic heterocycles. The molecule has 0 radical (unpaired) electrons. The van der Waals surface area contributed by atoms with Crippen LogP contribution in [0.1, 0.15) is 0 Å². The highest BCUT2D eigenvalue weighted by Gasteiger charge is 2.43. The van der Waals surface area contributed by atoms with Crippen molar-refractivity contribution in [3.63, 3.8) is 0 Å². The van der Waals surface area contributed by atoms with Gasteiger partial charge < -0.3 is 20.1 Å². The molecule has 0 aliphatic carbocycles. The number of ether oxygens (including phenoxy) is 1. The fourth-order valence-corrected chi connectivity index (χ4v) is 2.26. The molecule has 0 unspecified atom stereocenters. The number of hydrogen-bond acceptors (Lipinski definition) is 7. The molecule has 8 heteroatoms. The van der Waals surface area contributed by atoms with Crippen molar-refractivity contribution in [1.82, 2.24) is 15.2 Å². The second kappa shape index (κ2) is 4.45. The van der Waals surface area contributed by atoms with Crippen molar-refractivity contribution in [2.24, 2.45) is 0 Å². The van der Waals surface area contributed by atoms with Gasteiger partial charge in [-0.25, -0.2) is 4.98 Å². The van der Waals surface area contributed by atoms with Crippen molar-refractivity contribution >= 4 is 11.8 Å². The largest absolute Gasteiger partial charge is 0.394 e. The summed E-state index contributed by atoms with van der Waals surface area (Å²) >= 11 is 1.12. The van der Waals surface area contributed by atoms with E-state index in [-0.39, 0.29) is 6.61 Å². The van der Waals surface area contributed by atoms with Crippen LogP contribution in [-0.2, 0) is 4.74 Å². The van der Waals surface area contributed by atoms with Crippen LogP contribution in [0, 0.1) is 0 Å². The zero-order chi connectivity index (χ0) is 10.8. The maximum atomic E-state index is 9.59. The summed E-state index contributed by atoms with van der Waals surface area (Å²) in [4.78, 5) is 3.85. The minimum atomic E-state index is -1.07. The van der Waals surface area contributed by atoms with Crippen LogP contribution < -0.4 is 0 Å². The highest BCUT2D eigenvalue weighted by atomic mass is 32.2. The highest BCUT2D eigenvalue weighted by molar-refractivity contribution is 7.99. The van der Waals surface area contributed by atoms with Gasteiger partial charge in [-0.05, 0) is 0 Å². The van der Waals surface area contributed by atoms with Crippen molar-refractivity contribution in [2.75, 3.05) is 6.61 Å². The molecule has 0 aromatic carbocycles. The molecular formula is C7H11N3O4S. The lowest BCUT2D eigenvalue weighted by Crippen LogP contribution is -2.33. The summed E-state index contributed by atoms with van der Waals surface area (Å²) in [5.41, 5.74) is -0.648. The van der Waals surface area contributed by atoms with Crippen molar-refractivity contribution in [3.05, 3.63) is 6.33 Å². The van der Waals surface area contributed by atoms with Gasteiger partial charge in [0.25, 0.3) is 0 Å². The Morgan fingerprint density at radius 2 is 2.27 bits per heavy atom. The molecule has 0 amide bonds. The van der Waals surface area contributed by atoms with E-state index < -0.39 is 23.7 Å². The van der Waals surface area contributed by atoms with E-state index in [1.54, 1.807) is 0 Å². The molecule has 1 aromatic heterocycles. The van der Waals surface area contributed by atoms with Gasteiger partial charge in [0.2, 0.25) is 0 Å². The van der Waals surface area contributed by atoms with Gasteiger partial charge in [0, 0.05) is 0 Å². The number of aromatic amines is 1. The van der Waals surface area contributed by atoms with Gasteiger partial charge in [0.1, 0.15) is 30.1 Å². The number of thioether (sulfide) groups is 1. The van der Waals surface area contributed by atoms with Crippen LogP contribution in [0.5, 0.6) is 0 Å². The van der Waals surface area contributed by atoms with Gasteiger partial charge in [0.15, 0.2) is 5.16 Å². The molecular weight excluding hydrogens is 222 g/mol. The third-order valence-corrected chi connectivity index (χ3v) is 3.16. The van der Waals surface area contributed by atoms with Gasteiger partial charge in [-0.2, -0.15) is 5.10 Å². The molecule has 1 aliphatic rings. The number of aliphatic hydroxyl groups excluding tert-OH is 3. The summed E-state index contributed by atoms with van der Waals surface area (Å²) in [7, 11) is 0. The minimum Gasteiger partial charge on any atom is -0.394 e.